The lowest BCUT2D eigenvalue weighted by Crippen LogP contribution is -2.41. The average Bonchev–Trinajstić information content (AvgIpc) is 2.51. The third-order valence-corrected chi connectivity index (χ3v) is 7.12. The lowest BCUT2D eigenvalue weighted by molar-refractivity contribution is 0.0944. The molecule has 1 atom stereocenters. The van der Waals surface area contributed by atoms with Gasteiger partial charge in [-0.1, -0.05) is 34.0 Å². The van der Waals surface area contributed by atoms with E-state index in [0.29, 0.717) is 22.2 Å². The van der Waals surface area contributed by atoms with Crippen LogP contribution >= 0.6 is 23.2 Å². The zero-order chi connectivity index (χ0) is 19.5. The molecule has 1 amide bonds. The molecule has 0 spiro atoms. The fourth-order valence-electron chi connectivity index (χ4n) is 2.91. The Hall–Kier alpha value is -0.750. The molecule has 4 nitrogen and oxygen atoms in total. The van der Waals surface area contributed by atoms with E-state index in [0.717, 1.165) is 31.4 Å². The highest BCUT2D eigenvalue weighted by molar-refractivity contribution is 7.91. The smallest absolute Gasteiger partial charge is 0.251 e. The summed E-state index contributed by atoms with van der Waals surface area (Å²) < 4.78 is 16.4. The average molecular weight is 417 g/mol. The predicted octanol–water partition coefficient (Wildman–Crippen LogP) is 5.21. The van der Waals surface area contributed by atoms with E-state index in [1.54, 1.807) is 18.2 Å². The minimum Gasteiger partial charge on any atom is -0.591 e. The molecule has 1 N–H and O–H groups in total. The molecule has 0 aromatic heterocycles. The summed E-state index contributed by atoms with van der Waals surface area (Å²) in [6.07, 6.45) is 3.96. The molecule has 1 aromatic carbocycles. The SMILES string of the molecule is CC(=N[S+]([O-])C(C)(C)C)C1(CCNC(=O)c2ccc(Cl)c(Cl)c2)CCC1. The van der Waals surface area contributed by atoms with Crippen molar-refractivity contribution < 1.29 is 9.35 Å². The van der Waals surface area contributed by atoms with Crippen molar-refractivity contribution in [1.29, 1.82) is 0 Å². The number of nitrogens with one attached hydrogen (secondary N) is 1. The van der Waals surface area contributed by atoms with Crippen molar-refractivity contribution in [1.82, 2.24) is 5.32 Å². The number of nitrogens with zero attached hydrogens (tertiary/aromatic N) is 1. The maximum atomic E-state index is 12.3. The van der Waals surface area contributed by atoms with Crippen molar-refractivity contribution in [3.8, 4) is 0 Å². The standard InChI is InChI=1S/C19H26Cl2N2O2S/c1-13(23-26(25)18(2,3)4)19(8-5-9-19)10-11-22-17(24)14-6-7-15(20)16(21)12-14/h6-7,12H,5,8-11H2,1-4H3,(H,22,24). The van der Waals surface area contributed by atoms with E-state index in [1.807, 2.05) is 27.7 Å². The second kappa shape index (κ2) is 8.51. The zero-order valence-electron chi connectivity index (χ0n) is 15.7. The van der Waals surface area contributed by atoms with Crippen LogP contribution in [-0.4, -0.2) is 27.5 Å². The lowest BCUT2D eigenvalue weighted by Gasteiger charge is -2.41. The van der Waals surface area contributed by atoms with Gasteiger partial charge in [0.1, 0.15) is 16.1 Å². The molecule has 26 heavy (non-hydrogen) atoms. The Morgan fingerprint density at radius 2 is 1.96 bits per heavy atom. The second-order valence-electron chi connectivity index (χ2n) is 7.81. The summed E-state index contributed by atoms with van der Waals surface area (Å²) in [5.74, 6) is -0.175. The first-order valence-electron chi connectivity index (χ1n) is 8.76. The summed E-state index contributed by atoms with van der Waals surface area (Å²) in [5, 5.41) is 3.73. The Kier molecular flexibility index (Phi) is 7.05. The largest absolute Gasteiger partial charge is 0.591 e. The van der Waals surface area contributed by atoms with Gasteiger partial charge in [0.15, 0.2) is 0 Å². The molecule has 1 unspecified atom stereocenters. The molecular weight excluding hydrogens is 391 g/mol. The van der Waals surface area contributed by atoms with Gasteiger partial charge in [-0.25, -0.2) is 0 Å². The normalized spacial score (nSPS) is 18.2. The minimum absolute atomic E-state index is 0.0498. The Labute approximate surface area is 169 Å². The Morgan fingerprint density at radius 3 is 2.46 bits per heavy atom. The third-order valence-electron chi connectivity index (χ3n) is 4.89. The molecule has 0 bridgehead atoms. The number of hydrogen-bond donors (Lipinski definition) is 1. The van der Waals surface area contributed by atoms with Crippen LogP contribution in [0.15, 0.2) is 22.6 Å². The predicted molar refractivity (Wildman–Crippen MR) is 111 cm³/mol. The first kappa shape index (κ1) is 21.5. The maximum absolute atomic E-state index is 12.3. The Morgan fingerprint density at radius 1 is 1.31 bits per heavy atom. The molecule has 1 aliphatic rings. The molecule has 1 saturated carbocycles. The van der Waals surface area contributed by atoms with Gasteiger partial charge in [0.05, 0.1) is 15.8 Å². The van der Waals surface area contributed by atoms with E-state index in [4.69, 9.17) is 23.2 Å². The number of amides is 1. The van der Waals surface area contributed by atoms with Crippen LogP contribution in [0.5, 0.6) is 0 Å². The van der Waals surface area contributed by atoms with Gasteiger partial charge < -0.3 is 9.87 Å². The van der Waals surface area contributed by atoms with E-state index < -0.39 is 11.4 Å². The molecule has 2 rings (SSSR count). The van der Waals surface area contributed by atoms with Gasteiger partial charge in [-0.15, -0.1) is 0 Å². The monoisotopic (exact) mass is 416 g/mol. The molecule has 1 aromatic rings. The molecule has 0 heterocycles. The summed E-state index contributed by atoms with van der Waals surface area (Å²) >= 11 is 10.6. The van der Waals surface area contributed by atoms with Crippen molar-refractivity contribution >= 4 is 46.2 Å². The van der Waals surface area contributed by atoms with E-state index >= 15 is 0 Å². The molecule has 0 aliphatic heterocycles. The van der Waals surface area contributed by atoms with Gasteiger partial charge in [-0.2, -0.15) is 0 Å². The molecule has 0 saturated heterocycles. The zero-order valence-corrected chi connectivity index (χ0v) is 18.0. The van der Waals surface area contributed by atoms with Crippen molar-refractivity contribution in [2.24, 2.45) is 9.81 Å². The molecule has 7 heteroatoms. The van der Waals surface area contributed by atoms with Crippen LogP contribution < -0.4 is 5.32 Å². The van der Waals surface area contributed by atoms with Gasteiger partial charge >= 0.3 is 0 Å². The fraction of sp³-hybridized carbons (Fsp3) is 0.579. The maximum Gasteiger partial charge on any atom is 0.251 e. The van der Waals surface area contributed by atoms with Gasteiger partial charge in [0.25, 0.3) is 5.91 Å². The van der Waals surface area contributed by atoms with Gasteiger partial charge in [-0.05, 0) is 65.2 Å². The Balaban J connectivity index is 1.97. The van der Waals surface area contributed by atoms with Crippen molar-refractivity contribution in [3.63, 3.8) is 0 Å². The van der Waals surface area contributed by atoms with Crippen LogP contribution in [-0.2, 0) is 11.4 Å². The van der Waals surface area contributed by atoms with E-state index in [9.17, 15) is 9.35 Å². The fourth-order valence-corrected chi connectivity index (χ4v) is 3.92. The van der Waals surface area contributed by atoms with Crippen LogP contribution in [0.4, 0.5) is 0 Å². The van der Waals surface area contributed by atoms with Gasteiger partial charge in [-0.3, -0.25) is 4.79 Å². The van der Waals surface area contributed by atoms with Gasteiger partial charge in [0, 0.05) is 17.5 Å². The number of carbonyl (C=O) groups is 1. The lowest BCUT2D eigenvalue weighted by atomic mass is 9.64. The number of carbonyl (C=O) groups excluding carboxylic acids is 1. The van der Waals surface area contributed by atoms with Crippen molar-refractivity contribution in [2.75, 3.05) is 6.54 Å². The first-order chi connectivity index (χ1) is 12.0. The summed E-state index contributed by atoms with van der Waals surface area (Å²) in [6.45, 7) is 8.26. The quantitative estimate of drug-likeness (QED) is 0.510. The molecule has 0 radical (unpaired) electrons. The molecule has 1 fully saturated rings. The van der Waals surface area contributed by atoms with Crippen LogP contribution in [0.1, 0.15) is 63.7 Å². The van der Waals surface area contributed by atoms with Crippen LogP contribution in [0.3, 0.4) is 0 Å². The van der Waals surface area contributed by atoms with E-state index in [1.165, 1.54) is 0 Å². The molecule has 1 aliphatic carbocycles. The summed E-state index contributed by atoms with van der Waals surface area (Å²) in [6, 6.07) is 4.84. The van der Waals surface area contributed by atoms with Crippen LogP contribution in [0.2, 0.25) is 10.0 Å². The van der Waals surface area contributed by atoms with Crippen LogP contribution in [0, 0.1) is 5.41 Å². The Bertz CT molecular complexity index is 697. The molecular formula is C19H26Cl2N2O2S. The highest BCUT2D eigenvalue weighted by Crippen LogP contribution is 2.45. The highest BCUT2D eigenvalue weighted by Gasteiger charge is 2.41. The van der Waals surface area contributed by atoms with Crippen LogP contribution in [0.25, 0.3) is 0 Å². The summed E-state index contributed by atoms with van der Waals surface area (Å²) in [4.78, 5) is 12.3. The highest BCUT2D eigenvalue weighted by atomic mass is 35.5. The van der Waals surface area contributed by atoms with Crippen molar-refractivity contribution in [3.05, 3.63) is 33.8 Å². The van der Waals surface area contributed by atoms with Gasteiger partial charge in [0.2, 0.25) is 0 Å². The number of rotatable bonds is 6. The van der Waals surface area contributed by atoms with E-state index in [-0.39, 0.29) is 16.1 Å². The minimum atomic E-state index is -1.26. The third kappa shape index (κ3) is 5.16. The number of halogens is 2. The number of benzene rings is 1. The topological polar surface area (TPSA) is 64.5 Å². The summed E-state index contributed by atoms with van der Waals surface area (Å²) in [5.41, 5.74) is 1.37. The molecule has 144 valence electrons. The number of hydrogen-bond acceptors (Lipinski definition) is 3. The van der Waals surface area contributed by atoms with Crippen molar-refractivity contribution in [2.45, 2.75) is 58.1 Å². The van der Waals surface area contributed by atoms with E-state index in [2.05, 4.69) is 9.71 Å². The first-order valence-corrected chi connectivity index (χ1v) is 10.6. The second-order valence-corrected chi connectivity index (χ2v) is 10.5. The summed E-state index contributed by atoms with van der Waals surface area (Å²) in [7, 11) is 0.